The van der Waals surface area contributed by atoms with Gasteiger partial charge in [0.1, 0.15) is 11.6 Å². The Balaban J connectivity index is 0.00000180. The fraction of sp³-hybridized carbons (Fsp3) is 0.462. The Hall–Kier alpha value is -1.20. The van der Waals surface area contributed by atoms with Crippen LogP contribution in [0.15, 0.2) is 18.2 Å². The van der Waals surface area contributed by atoms with E-state index < -0.39 is 11.6 Å². The number of hydrogen-bond acceptors (Lipinski definition) is 2. The molecule has 0 radical (unpaired) electrons. The van der Waals surface area contributed by atoms with E-state index in [-0.39, 0.29) is 37.0 Å². The van der Waals surface area contributed by atoms with Crippen LogP contribution in [0.1, 0.15) is 18.4 Å². The monoisotopic (exact) mass is 290 g/mol. The Morgan fingerprint density at radius 3 is 2.74 bits per heavy atom. The molecule has 0 heterocycles. The van der Waals surface area contributed by atoms with Crippen molar-refractivity contribution in [2.45, 2.75) is 19.4 Å². The van der Waals surface area contributed by atoms with E-state index in [0.717, 1.165) is 24.7 Å². The van der Waals surface area contributed by atoms with Gasteiger partial charge < -0.3 is 10.6 Å². The van der Waals surface area contributed by atoms with E-state index in [9.17, 15) is 13.6 Å². The summed E-state index contributed by atoms with van der Waals surface area (Å²) in [5.41, 5.74) is 0.158. The van der Waals surface area contributed by atoms with E-state index in [1.165, 1.54) is 12.8 Å². The lowest BCUT2D eigenvalue weighted by Gasteiger charge is -2.07. The van der Waals surface area contributed by atoms with E-state index in [4.69, 9.17) is 0 Å². The third kappa shape index (κ3) is 5.53. The van der Waals surface area contributed by atoms with Gasteiger partial charge in [-0.15, -0.1) is 12.4 Å². The highest BCUT2D eigenvalue weighted by molar-refractivity contribution is 5.85. The van der Waals surface area contributed by atoms with Crippen molar-refractivity contribution in [1.29, 1.82) is 0 Å². The second-order valence-corrected chi connectivity index (χ2v) is 4.59. The molecule has 6 heteroatoms. The fourth-order valence-electron chi connectivity index (χ4n) is 1.65. The number of halogens is 3. The zero-order valence-corrected chi connectivity index (χ0v) is 11.2. The summed E-state index contributed by atoms with van der Waals surface area (Å²) in [5, 5.41) is 5.58. The van der Waals surface area contributed by atoms with Crippen LogP contribution in [0.3, 0.4) is 0 Å². The maximum atomic E-state index is 13.3. The van der Waals surface area contributed by atoms with Crippen molar-refractivity contribution in [2.24, 2.45) is 5.92 Å². The summed E-state index contributed by atoms with van der Waals surface area (Å²) in [6.07, 6.45) is 2.45. The molecule has 0 bridgehead atoms. The lowest BCUT2D eigenvalue weighted by atomic mass is 10.2. The van der Waals surface area contributed by atoms with Crippen molar-refractivity contribution in [1.82, 2.24) is 10.6 Å². The van der Waals surface area contributed by atoms with Crippen molar-refractivity contribution >= 4 is 18.3 Å². The van der Waals surface area contributed by atoms with Gasteiger partial charge in [0.25, 0.3) is 0 Å². The van der Waals surface area contributed by atoms with Gasteiger partial charge in [-0.1, -0.05) is 0 Å². The Bertz CT molecular complexity index is 439. The minimum atomic E-state index is -0.511. The van der Waals surface area contributed by atoms with Crippen LogP contribution in [-0.4, -0.2) is 19.0 Å². The van der Waals surface area contributed by atoms with Gasteiger partial charge in [0.05, 0.1) is 6.54 Å². The van der Waals surface area contributed by atoms with Crippen LogP contribution in [0.5, 0.6) is 0 Å². The number of carbonyl (C=O) groups excluding carboxylic acids is 1. The number of nitrogens with one attached hydrogen (secondary N) is 2. The molecule has 1 fully saturated rings. The predicted octanol–water partition coefficient (Wildman–Crippen LogP) is 2.00. The predicted molar refractivity (Wildman–Crippen MR) is 71.0 cm³/mol. The first-order valence-electron chi connectivity index (χ1n) is 6.06. The van der Waals surface area contributed by atoms with Crippen molar-refractivity contribution in [2.75, 3.05) is 13.1 Å². The van der Waals surface area contributed by atoms with E-state index in [2.05, 4.69) is 10.6 Å². The maximum absolute atomic E-state index is 13.3. The molecule has 0 spiro atoms. The Morgan fingerprint density at radius 2 is 2.05 bits per heavy atom. The van der Waals surface area contributed by atoms with Gasteiger partial charge in [-0.3, -0.25) is 4.79 Å². The molecule has 1 saturated carbocycles. The third-order valence-electron chi connectivity index (χ3n) is 2.90. The van der Waals surface area contributed by atoms with Gasteiger partial charge in [0.2, 0.25) is 5.91 Å². The quantitative estimate of drug-likeness (QED) is 0.841. The van der Waals surface area contributed by atoms with E-state index in [1.807, 2.05) is 0 Å². The molecule has 19 heavy (non-hydrogen) atoms. The molecule has 1 aromatic carbocycles. The lowest BCUT2D eigenvalue weighted by Crippen LogP contribution is -2.34. The average molecular weight is 291 g/mol. The number of benzene rings is 1. The summed E-state index contributed by atoms with van der Waals surface area (Å²) in [6.45, 7) is 1.07. The summed E-state index contributed by atoms with van der Waals surface area (Å²) < 4.78 is 26.1. The molecule has 3 nitrogen and oxygen atoms in total. The lowest BCUT2D eigenvalue weighted by molar-refractivity contribution is -0.120. The smallest absolute Gasteiger partial charge is 0.234 e. The molecule has 1 amide bonds. The molecule has 2 rings (SSSR count). The van der Waals surface area contributed by atoms with Crippen LogP contribution >= 0.6 is 12.4 Å². The first-order chi connectivity index (χ1) is 8.65. The highest BCUT2D eigenvalue weighted by atomic mass is 35.5. The normalized spacial score (nSPS) is 13.8. The molecule has 2 N–H and O–H groups in total. The first-order valence-corrected chi connectivity index (χ1v) is 6.06. The van der Waals surface area contributed by atoms with Crippen LogP contribution in [0.4, 0.5) is 8.78 Å². The summed E-state index contributed by atoms with van der Waals surface area (Å²) in [5.74, 6) is -0.520. The fourth-order valence-corrected chi connectivity index (χ4v) is 1.65. The highest BCUT2D eigenvalue weighted by Crippen LogP contribution is 2.27. The van der Waals surface area contributed by atoms with E-state index in [0.29, 0.717) is 5.92 Å². The minimum absolute atomic E-state index is 0. The summed E-state index contributed by atoms with van der Waals surface area (Å²) in [4.78, 5) is 11.4. The summed E-state index contributed by atoms with van der Waals surface area (Å²) in [7, 11) is 0. The Morgan fingerprint density at radius 1 is 1.32 bits per heavy atom. The van der Waals surface area contributed by atoms with Gasteiger partial charge in [-0.05, 0) is 43.5 Å². The van der Waals surface area contributed by atoms with Gasteiger partial charge in [-0.25, -0.2) is 8.78 Å². The van der Waals surface area contributed by atoms with Crippen molar-refractivity contribution in [3.05, 3.63) is 35.4 Å². The van der Waals surface area contributed by atoms with Crippen LogP contribution in [-0.2, 0) is 11.3 Å². The molecule has 1 aliphatic rings. The molecule has 0 atom stereocenters. The topological polar surface area (TPSA) is 41.1 Å². The van der Waals surface area contributed by atoms with Crippen LogP contribution < -0.4 is 10.6 Å². The Kier molecular flexibility index (Phi) is 6.18. The molecule has 0 aliphatic heterocycles. The second kappa shape index (κ2) is 7.40. The third-order valence-corrected chi connectivity index (χ3v) is 2.90. The van der Waals surface area contributed by atoms with Crippen molar-refractivity contribution < 1.29 is 13.6 Å². The highest BCUT2D eigenvalue weighted by Gasteiger charge is 2.20. The molecule has 0 saturated heterocycles. The van der Waals surface area contributed by atoms with Gasteiger partial charge >= 0.3 is 0 Å². The molecule has 106 valence electrons. The van der Waals surface area contributed by atoms with Crippen molar-refractivity contribution in [3.63, 3.8) is 0 Å². The number of hydrogen-bond donors (Lipinski definition) is 2. The zero-order chi connectivity index (χ0) is 13.0. The maximum Gasteiger partial charge on any atom is 0.234 e. The molecule has 1 aliphatic carbocycles. The number of rotatable bonds is 6. The van der Waals surface area contributed by atoms with Gasteiger partial charge in [-0.2, -0.15) is 0 Å². The molecular weight excluding hydrogens is 274 g/mol. The van der Waals surface area contributed by atoms with Crippen LogP contribution in [0, 0.1) is 17.6 Å². The summed E-state index contributed by atoms with van der Waals surface area (Å²) in [6, 6.07) is 3.20. The molecule has 1 aromatic rings. The van der Waals surface area contributed by atoms with Crippen LogP contribution in [0.2, 0.25) is 0 Å². The van der Waals surface area contributed by atoms with Crippen LogP contribution in [0.25, 0.3) is 0 Å². The molecular formula is C13H17ClF2N2O. The van der Waals surface area contributed by atoms with Crippen molar-refractivity contribution in [3.8, 4) is 0 Å². The van der Waals surface area contributed by atoms with E-state index in [1.54, 1.807) is 0 Å². The minimum Gasteiger partial charge on any atom is -0.351 e. The second-order valence-electron chi connectivity index (χ2n) is 4.59. The number of carbonyl (C=O) groups is 1. The SMILES string of the molecule is Cl.O=C(CNCC1CC1)NCc1cc(F)ccc1F. The first kappa shape index (κ1) is 15.9. The standard InChI is InChI=1S/C13H16F2N2O.ClH/c14-11-3-4-12(15)10(5-11)7-17-13(18)8-16-6-9-1-2-9;/h3-5,9,16H,1-2,6-8H2,(H,17,18);1H. The Labute approximate surface area is 117 Å². The largest absolute Gasteiger partial charge is 0.351 e. The summed E-state index contributed by atoms with van der Waals surface area (Å²) >= 11 is 0. The van der Waals surface area contributed by atoms with Gasteiger partial charge in [0, 0.05) is 12.1 Å². The molecule has 0 aromatic heterocycles. The number of amides is 1. The molecule has 0 unspecified atom stereocenters. The van der Waals surface area contributed by atoms with Gasteiger partial charge in [0.15, 0.2) is 0 Å². The zero-order valence-electron chi connectivity index (χ0n) is 10.4. The average Bonchev–Trinajstić information content (AvgIpc) is 3.14. The van der Waals surface area contributed by atoms with E-state index >= 15 is 0 Å².